The summed E-state index contributed by atoms with van der Waals surface area (Å²) in [5.74, 6) is 0.546. The molecule has 2 aliphatic heterocycles. The number of ether oxygens (including phenoxy) is 1. The Morgan fingerprint density at radius 3 is 2.69 bits per heavy atom. The van der Waals surface area contributed by atoms with Crippen LogP contribution in [-0.4, -0.2) is 59.8 Å². The largest absolute Gasteiger partial charge is 0.504 e. The van der Waals surface area contributed by atoms with E-state index < -0.39 is 33.2 Å². The molecule has 4 aliphatic rings. The van der Waals surface area contributed by atoms with Gasteiger partial charge in [-0.05, 0) is 55.3 Å². The van der Waals surface area contributed by atoms with E-state index in [1.54, 1.807) is 10.4 Å². The number of phenolic OH excluding ortho intramolecular Hbond substituents is 1. The smallest absolute Gasteiger partial charge is 0.218 e. The quantitative estimate of drug-likeness (QED) is 0.567. The summed E-state index contributed by atoms with van der Waals surface area (Å²) in [6, 6.07) is 12.3. The van der Waals surface area contributed by atoms with Crippen molar-refractivity contribution < 1.29 is 23.4 Å². The van der Waals surface area contributed by atoms with Crippen LogP contribution in [0.15, 0.2) is 42.5 Å². The highest BCUT2D eigenvalue weighted by molar-refractivity contribution is 7.88. The molecule has 2 aliphatic carbocycles. The van der Waals surface area contributed by atoms with E-state index in [2.05, 4.69) is 5.32 Å². The van der Waals surface area contributed by atoms with Gasteiger partial charge in [-0.1, -0.05) is 50.2 Å². The van der Waals surface area contributed by atoms with E-state index in [0.29, 0.717) is 38.0 Å². The third kappa shape index (κ3) is 3.23. The summed E-state index contributed by atoms with van der Waals surface area (Å²) in [5, 5.41) is 26.5. The minimum absolute atomic E-state index is 0.0631. The zero-order valence-corrected chi connectivity index (χ0v) is 21.1. The molecule has 7 nitrogen and oxygen atoms in total. The Hall–Kier alpha value is -2.13. The van der Waals surface area contributed by atoms with E-state index in [-0.39, 0.29) is 23.5 Å². The monoisotopic (exact) mass is 498 g/mol. The molecule has 1 saturated heterocycles. The molecule has 8 heteroatoms. The van der Waals surface area contributed by atoms with E-state index in [1.165, 1.54) is 0 Å². The normalized spacial score (nSPS) is 33.0. The second kappa shape index (κ2) is 7.93. The topological polar surface area (TPSA) is 99.1 Å². The summed E-state index contributed by atoms with van der Waals surface area (Å²) in [6.07, 6.45) is 1.74. The highest BCUT2D eigenvalue weighted by Gasteiger charge is 2.72. The highest BCUT2D eigenvalue weighted by Crippen LogP contribution is 2.64. The molecule has 3 N–H and O–H groups in total. The molecule has 35 heavy (non-hydrogen) atoms. The summed E-state index contributed by atoms with van der Waals surface area (Å²) in [5.41, 5.74) is 0.931. The molecule has 2 bridgehead atoms. The Bertz CT molecular complexity index is 1250. The minimum Gasteiger partial charge on any atom is -0.504 e. The Balaban J connectivity index is 1.47. The third-order valence-electron chi connectivity index (χ3n) is 8.72. The number of aliphatic hydroxyl groups is 1. The van der Waals surface area contributed by atoms with Gasteiger partial charge in [-0.3, -0.25) is 0 Å². The van der Waals surface area contributed by atoms with Gasteiger partial charge in [-0.2, -0.15) is 4.31 Å². The number of phenols is 1. The predicted molar refractivity (Wildman–Crippen MR) is 133 cm³/mol. The average molecular weight is 499 g/mol. The molecule has 0 amide bonds. The fourth-order valence-electron chi connectivity index (χ4n) is 7.39. The zero-order valence-electron chi connectivity index (χ0n) is 20.3. The van der Waals surface area contributed by atoms with Gasteiger partial charge >= 0.3 is 0 Å². The van der Waals surface area contributed by atoms with Crippen molar-refractivity contribution in [3.05, 3.63) is 59.2 Å². The summed E-state index contributed by atoms with van der Waals surface area (Å²) < 4.78 is 36.0. The maximum atomic E-state index is 13.9. The van der Waals surface area contributed by atoms with Gasteiger partial charge in [0.2, 0.25) is 10.0 Å². The molecule has 6 rings (SSSR count). The van der Waals surface area contributed by atoms with Crippen molar-refractivity contribution in [3.63, 3.8) is 0 Å². The Kier molecular flexibility index (Phi) is 5.28. The van der Waals surface area contributed by atoms with Crippen LogP contribution in [0.5, 0.6) is 11.5 Å². The fraction of sp³-hybridized carbons (Fsp3) is 0.556. The average Bonchev–Trinajstić information content (AvgIpc) is 3.15. The van der Waals surface area contributed by atoms with Crippen molar-refractivity contribution >= 4 is 10.0 Å². The van der Waals surface area contributed by atoms with Crippen LogP contribution in [0.3, 0.4) is 0 Å². The molecule has 5 atom stereocenters. The third-order valence-corrected chi connectivity index (χ3v) is 10.6. The fourth-order valence-corrected chi connectivity index (χ4v) is 9.33. The SMILES string of the molecule is CC(C)CN(C1CC[C@@]2(O)[C@H]3Cc4ccc(O)c5c4[C@@]2(CCN3)C1O5)S(=O)(=O)Cc1ccccc1. The van der Waals surface area contributed by atoms with E-state index in [0.717, 1.165) is 23.2 Å². The van der Waals surface area contributed by atoms with Crippen LogP contribution < -0.4 is 10.1 Å². The van der Waals surface area contributed by atoms with Crippen LogP contribution >= 0.6 is 0 Å². The number of nitrogens with zero attached hydrogens (tertiary/aromatic N) is 1. The molecule has 0 radical (unpaired) electrons. The molecule has 2 heterocycles. The summed E-state index contributed by atoms with van der Waals surface area (Å²) >= 11 is 0. The number of aromatic hydroxyl groups is 1. The van der Waals surface area contributed by atoms with Gasteiger partial charge in [0.25, 0.3) is 0 Å². The van der Waals surface area contributed by atoms with Crippen LogP contribution in [0.1, 0.15) is 49.8 Å². The number of rotatable bonds is 6. The van der Waals surface area contributed by atoms with Crippen molar-refractivity contribution in [1.82, 2.24) is 9.62 Å². The van der Waals surface area contributed by atoms with E-state index in [1.807, 2.05) is 50.2 Å². The molecule has 1 spiro atoms. The van der Waals surface area contributed by atoms with Gasteiger partial charge in [0.15, 0.2) is 11.5 Å². The molecule has 0 aromatic heterocycles. The lowest BCUT2D eigenvalue weighted by molar-refractivity contribution is -0.164. The lowest BCUT2D eigenvalue weighted by Crippen LogP contribution is -2.78. The first kappa shape index (κ1) is 23.3. The van der Waals surface area contributed by atoms with Gasteiger partial charge in [-0.15, -0.1) is 0 Å². The first-order valence-electron chi connectivity index (χ1n) is 12.7. The molecule has 2 aromatic rings. The number of nitrogens with one attached hydrogen (secondary N) is 1. The van der Waals surface area contributed by atoms with Gasteiger partial charge in [0, 0.05) is 18.2 Å². The number of sulfonamides is 1. The molecular formula is C27H34N2O5S. The first-order chi connectivity index (χ1) is 16.7. The molecule has 2 unspecified atom stereocenters. The Morgan fingerprint density at radius 1 is 1.17 bits per heavy atom. The number of benzene rings is 2. The van der Waals surface area contributed by atoms with Gasteiger partial charge < -0.3 is 20.3 Å². The lowest BCUT2D eigenvalue weighted by atomic mass is 9.49. The Morgan fingerprint density at radius 2 is 1.94 bits per heavy atom. The van der Waals surface area contributed by atoms with Gasteiger partial charge in [-0.25, -0.2) is 8.42 Å². The number of hydrogen-bond acceptors (Lipinski definition) is 6. The molecule has 188 valence electrons. The zero-order chi connectivity index (χ0) is 24.6. The number of piperidine rings is 1. The van der Waals surface area contributed by atoms with E-state index >= 15 is 0 Å². The van der Waals surface area contributed by atoms with Crippen LogP contribution in [-0.2, 0) is 27.6 Å². The standard InChI is InChI=1S/C27H34N2O5S/c1-17(2)15-29(35(32,33)16-18-6-4-3-5-7-18)20-10-11-27(31)22-14-19-8-9-21(30)24-23(19)26(27,12-13-28-22)25(20)34-24/h3-9,17,20,22,25,28,30-31H,10-16H2,1-2H3/t20?,22-,25?,26+,27-/m1/s1. The summed E-state index contributed by atoms with van der Waals surface area (Å²) in [6.45, 7) is 5.15. The molecule has 1 saturated carbocycles. The van der Waals surface area contributed by atoms with Gasteiger partial charge in [0.1, 0.15) is 6.10 Å². The second-order valence-corrected chi connectivity index (χ2v) is 13.1. The maximum absolute atomic E-state index is 13.9. The number of hydrogen-bond donors (Lipinski definition) is 3. The van der Waals surface area contributed by atoms with Crippen molar-refractivity contribution in [1.29, 1.82) is 0 Å². The minimum atomic E-state index is -3.67. The maximum Gasteiger partial charge on any atom is 0.218 e. The van der Waals surface area contributed by atoms with Crippen LogP contribution in [0.25, 0.3) is 0 Å². The van der Waals surface area contributed by atoms with Crippen LogP contribution in [0, 0.1) is 5.92 Å². The first-order valence-corrected chi connectivity index (χ1v) is 14.3. The van der Waals surface area contributed by atoms with Crippen molar-refractivity contribution in [2.75, 3.05) is 13.1 Å². The van der Waals surface area contributed by atoms with Crippen molar-refractivity contribution in [2.45, 2.75) is 74.5 Å². The lowest BCUT2D eigenvalue weighted by Gasteiger charge is -2.62. The van der Waals surface area contributed by atoms with Crippen LogP contribution in [0.4, 0.5) is 0 Å². The second-order valence-electron chi connectivity index (χ2n) is 11.2. The van der Waals surface area contributed by atoms with E-state index in [4.69, 9.17) is 4.74 Å². The molecule has 2 aromatic carbocycles. The molecule has 2 fully saturated rings. The molecular weight excluding hydrogens is 464 g/mol. The highest BCUT2D eigenvalue weighted by atomic mass is 32.2. The van der Waals surface area contributed by atoms with E-state index in [9.17, 15) is 18.6 Å². The van der Waals surface area contributed by atoms with Crippen molar-refractivity contribution in [3.8, 4) is 11.5 Å². The van der Waals surface area contributed by atoms with Crippen LogP contribution in [0.2, 0.25) is 0 Å². The summed E-state index contributed by atoms with van der Waals surface area (Å²) in [7, 11) is -3.67. The van der Waals surface area contributed by atoms with Crippen molar-refractivity contribution in [2.24, 2.45) is 5.92 Å². The Labute approximate surface area is 207 Å². The predicted octanol–water partition coefficient (Wildman–Crippen LogP) is 2.69. The summed E-state index contributed by atoms with van der Waals surface area (Å²) in [4.78, 5) is 0. The van der Waals surface area contributed by atoms with Gasteiger partial charge in [0.05, 0.1) is 22.8 Å².